The smallest absolute Gasteiger partial charge is 0.222 e. The van der Waals surface area contributed by atoms with Crippen LogP contribution in [0.5, 0.6) is 0 Å². The van der Waals surface area contributed by atoms with E-state index in [2.05, 4.69) is 0 Å². The Labute approximate surface area is 112 Å². The first-order valence-corrected chi connectivity index (χ1v) is 6.42. The van der Waals surface area contributed by atoms with Crippen LogP contribution in [-0.4, -0.2) is 23.4 Å². The molecule has 1 atom stereocenters. The minimum atomic E-state index is -0.626. The van der Waals surface area contributed by atoms with Crippen molar-refractivity contribution in [2.24, 2.45) is 5.73 Å². The van der Waals surface area contributed by atoms with Crippen molar-refractivity contribution in [1.29, 1.82) is 0 Å². The first-order valence-electron chi connectivity index (χ1n) is 6.42. The number of carbonyl (C=O) groups excluding carboxylic acids is 1. The van der Waals surface area contributed by atoms with E-state index in [1.54, 1.807) is 6.92 Å². The van der Waals surface area contributed by atoms with Gasteiger partial charge < -0.3 is 10.6 Å². The molecule has 0 fully saturated rings. The summed E-state index contributed by atoms with van der Waals surface area (Å²) < 4.78 is 27.1. The van der Waals surface area contributed by atoms with E-state index in [0.29, 0.717) is 19.4 Å². The Morgan fingerprint density at radius 1 is 1.37 bits per heavy atom. The highest BCUT2D eigenvalue weighted by Crippen LogP contribution is 2.15. The third-order valence-corrected chi connectivity index (χ3v) is 2.96. The summed E-state index contributed by atoms with van der Waals surface area (Å²) in [6, 6.07) is 3.63. The number of hydrogen-bond acceptors (Lipinski definition) is 2. The third-order valence-electron chi connectivity index (χ3n) is 2.96. The largest absolute Gasteiger partial charge is 0.338 e. The van der Waals surface area contributed by atoms with Gasteiger partial charge in [-0.25, -0.2) is 8.78 Å². The van der Waals surface area contributed by atoms with Crippen LogP contribution in [-0.2, 0) is 11.3 Å². The van der Waals surface area contributed by atoms with Crippen LogP contribution in [0.4, 0.5) is 8.78 Å². The number of halogens is 2. The van der Waals surface area contributed by atoms with Gasteiger partial charge in [-0.1, -0.05) is 6.07 Å². The molecule has 0 radical (unpaired) electrons. The summed E-state index contributed by atoms with van der Waals surface area (Å²) in [6.45, 7) is 3.96. The molecule has 1 amide bonds. The molecule has 0 aliphatic carbocycles. The van der Waals surface area contributed by atoms with Crippen LogP contribution in [0, 0.1) is 11.6 Å². The van der Waals surface area contributed by atoms with Crippen LogP contribution >= 0.6 is 0 Å². The average Bonchev–Trinajstić information content (AvgIpc) is 2.35. The Kier molecular flexibility index (Phi) is 5.89. The van der Waals surface area contributed by atoms with Crippen LogP contribution in [0.3, 0.4) is 0 Å². The van der Waals surface area contributed by atoms with E-state index in [1.807, 2.05) is 6.92 Å². The second-order valence-electron chi connectivity index (χ2n) is 4.62. The minimum Gasteiger partial charge on any atom is -0.338 e. The second kappa shape index (κ2) is 7.19. The number of amides is 1. The Morgan fingerprint density at radius 2 is 1.95 bits per heavy atom. The van der Waals surface area contributed by atoms with Gasteiger partial charge >= 0.3 is 0 Å². The molecule has 0 saturated carbocycles. The summed E-state index contributed by atoms with van der Waals surface area (Å²) in [5, 5.41) is 0. The van der Waals surface area contributed by atoms with E-state index in [1.165, 1.54) is 23.1 Å². The van der Waals surface area contributed by atoms with Crippen molar-refractivity contribution >= 4 is 5.91 Å². The van der Waals surface area contributed by atoms with Gasteiger partial charge in [0.25, 0.3) is 0 Å². The molecule has 106 valence electrons. The SMILES string of the molecule is CCN(Cc1c(F)cccc1F)C(=O)CCC(C)N. The van der Waals surface area contributed by atoms with E-state index in [4.69, 9.17) is 5.73 Å². The van der Waals surface area contributed by atoms with Crippen LogP contribution in [0.2, 0.25) is 0 Å². The molecule has 19 heavy (non-hydrogen) atoms. The number of benzene rings is 1. The molecule has 1 aromatic carbocycles. The lowest BCUT2D eigenvalue weighted by Crippen LogP contribution is -2.32. The van der Waals surface area contributed by atoms with E-state index < -0.39 is 11.6 Å². The molecule has 0 spiro atoms. The van der Waals surface area contributed by atoms with E-state index in [-0.39, 0.29) is 24.1 Å². The molecule has 0 heterocycles. The molecule has 0 aliphatic heterocycles. The van der Waals surface area contributed by atoms with Gasteiger partial charge in [-0.15, -0.1) is 0 Å². The highest BCUT2D eigenvalue weighted by Gasteiger charge is 2.17. The molecule has 1 aromatic rings. The summed E-state index contributed by atoms with van der Waals surface area (Å²) in [4.78, 5) is 13.4. The summed E-state index contributed by atoms with van der Waals surface area (Å²) >= 11 is 0. The van der Waals surface area contributed by atoms with Crippen LogP contribution in [0.1, 0.15) is 32.3 Å². The molecule has 5 heteroatoms. The quantitative estimate of drug-likeness (QED) is 0.863. The van der Waals surface area contributed by atoms with E-state index >= 15 is 0 Å². The van der Waals surface area contributed by atoms with Crippen molar-refractivity contribution in [3.05, 3.63) is 35.4 Å². The molecular weight excluding hydrogens is 250 g/mol. The van der Waals surface area contributed by atoms with Gasteiger partial charge in [0.15, 0.2) is 0 Å². The summed E-state index contributed by atoms with van der Waals surface area (Å²) in [5.41, 5.74) is 5.52. The van der Waals surface area contributed by atoms with Gasteiger partial charge in [-0.05, 0) is 32.4 Å². The highest BCUT2D eigenvalue weighted by atomic mass is 19.1. The van der Waals surface area contributed by atoms with Gasteiger partial charge in [0.1, 0.15) is 11.6 Å². The topological polar surface area (TPSA) is 46.3 Å². The van der Waals surface area contributed by atoms with Crippen molar-refractivity contribution in [1.82, 2.24) is 4.90 Å². The number of hydrogen-bond donors (Lipinski definition) is 1. The predicted molar refractivity (Wildman–Crippen MR) is 70.3 cm³/mol. The molecule has 2 N–H and O–H groups in total. The monoisotopic (exact) mass is 270 g/mol. The Bertz CT molecular complexity index is 415. The fourth-order valence-electron chi connectivity index (χ4n) is 1.76. The standard InChI is InChI=1S/C14H20F2N2O/c1-3-18(14(19)8-7-10(2)17)9-11-12(15)5-4-6-13(11)16/h4-6,10H,3,7-9,17H2,1-2H3. The van der Waals surface area contributed by atoms with Crippen molar-refractivity contribution in [3.8, 4) is 0 Å². The zero-order chi connectivity index (χ0) is 14.4. The third kappa shape index (κ3) is 4.59. The normalized spacial score (nSPS) is 12.3. The fraction of sp³-hybridized carbons (Fsp3) is 0.500. The lowest BCUT2D eigenvalue weighted by Gasteiger charge is -2.22. The maximum Gasteiger partial charge on any atom is 0.222 e. The van der Waals surface area contributed by atoms with Crippen molar-refractivity contribution in [2.45, 2.75) is 39.3 Å². The Morgan fingerprint density at radius 3 is 2.42 bits per heavy atom. The average molecular weight is 270 g/mol. The van der Waals surface area contributed by atoms with Gasteiger partial charge in [0, 0.05) is 24.6 Å². The molecule has 3 nitrogen and oxygen atoms in total. The lowest BCUT2D eigenvalue weighted by molar-refractivity contribution is -0.131. The van der Waals surface area contributed by atoms with Crippen molar-refractivity contribution in [2.75, 3.05) is 6.54 Å². The number of nitrogens with zero attached hydrogens (tertiary/aromatic N) is 1. The summed E-state index contributed by atoms with van der Waals surface area (Å²) in [7, 11) is 0. The fourth-order valence-corrected chi connectivity index (χ4v) is 1.76. The zero-order valence-corrected chi connectivity index (χ0v) is 11.3. The summed E-state index contributed by atoms with van der Waals surface area (Å²) in [5.74, 6) is -1.39. The lowest BCUT2D eigenvalue weighted by atomic mass is 10.1. The Balaban J connectivity index is 2.74. The first kappa shape index (κ1) is 15.6. The highest BCUT2D eigenvalue weighted by molar-refractivity contribution is 5.76. The first-order chi connectivity index (χ1) is 8.95. The van der Waals surface area contributed by atoms with E-state index in [0.717, 1.165) is 0 Å². The molecule has 1 unspecified atom stereocenters. The molecular formula is C14H20F2N2O. The molecule has 1 rings (SSSR count). The van der Waals surface area contributed by atoms with Gasteiger partial charge in [0.05, 0.1) is 6.54 Å². The Hall–Kier alpha value is -1.49. The van der Waals surface area contributed by atoms with Crippen LogP contribution in [0.25, 0.3) is 0 Å². The minimum absolute atomic E-state index is 0.0488. The number of nitrogens with two attached hydrogens (primary N) is 1. The predicted octanol–water partition coefficient (Wildman–Crippen LogP) is 2.44. The number of rotatable bonds is 6. The maximum absolute atomic E-state index is 13.5. The maximum atomic E-state index is 13.5. The van der Waals surface area contributed by atoms with Crippen molar-refractivity contribution < 1.29 is 13.6 Å². The summed E-state index contributed by atoms with van der Waals surface area (Å²) in [6.07, 6.45) is 0.858. The molecule has 0 saturated heterocycles. The van der Waals surface area contributed by atoms with Crippen LogP contribution < -0.4 is 5.73 Å². The number of carbonyl (C=O) groups is 1. The van der Waals surface area contributed by atoms with Gasteiger partial charge in [-0.3, -0.25) is 4.79 Å². The molecule has 0 aliphatic rings. The van der Waals surface area contributed by atoms with E-state index in [9.17, 15) is 13.6 Å². The molecule has 0 bridgehead atoms. The van der Waals surface area contributed by atoms with Crippen molar-refractivity contribution in [3.63, 3.8) is 0 Å². The second-order valence-corrected chi connectivity index (χ2v) is 4.62. The van der Waals surface area contributed by atoms with Crippen LogP contribution in [0.15, 0.2) is 18.2 Å². The van der Waals surface area contributed by atoms with Gasteiger partial charge in [-0.2, -0.15) is 0 Å². The molecule has 0 aromatic heterocycles. The van der Waals surface area contributed by atoms with Gasteiger partial charge in [0.2, 0.25) is 5.91 Å². The zero-order valence-electron chi connectivity index (χ0n) is 11.3.